The molecule has 92 valence electrons. The fraction of sp³-hybridized carbons (Fsp3) is 1.00. The summed E-state index contributed by atoms with van der Waals surface area (Å²) in [6, 6.07) is 0.664. The highest BCUT2D eigenvalue weighted by Gasteiger charge is 2.54. The van der Waals surface area contributed by atoms with E-state index in [2.05, 4.69) is 26.1 Å². The van der Waals surface area contributed by atoms with E-state index in [1.165, 1.54) is 12.8 Å². The van der Waals surface area contributed by atoms with Crippen LogP contribution in [0.3, 0.4) is 0 Å². The van der Waals surface area contributed by atoms with E-state index in [4.69, 9.17) is 0 Å². The van der Waals surface area contributed by atoms with Crippen LogP contribution in [-0.4, -0.2) is 22.3 Å². The second kappa shape index (κ2) is 3.23. The minimum absolute atomic E-state index is 0.211. The first-order chi connectivity index (χ1) is 7.35. The number of rotatable bonds is 1. The van der Waals surface area contributed by atoms with Crippen molar-refractivity contribution >= 4 is 0 Å². The SMILES string of the molecule is CC(C)(C)NC1[C@@H]2CC3C[C@H]1CC(O)(C3)C2. The molecule has 2 N–H and O–H groups in total. The molecule has 0 saturated heterocycles. The Morgan fingerprint density at radius 3 is 2.06 bits per heavy atom. The first-order valence-electron chi connectivity index (χ1n) is 6.85. The standard InChI is InChI=1S/C14H25NO/c1-13(2,3)15-12-10-4-9-5-11(12)8-14(16,6-9)7-10/h9-12,15-16H,4-8H2,1-3H3/t9?,10-,11+,12?,14?. The van der Waals surface area contributed by atoms with Crippen molar-refractivity contribution in [1.29, 1.82) is 0 Å². The van der Waals surface area contributed by atoms with E-state index in [1.54, 1.807) is 0 Å². The maximum Gasteiger partial charge on any atom is 0.0657 e. The van der Waals surface area contributed by atoms with Crippen LogP contribution < -0.4 is 5.32 Å². The molecule has 0 heterocycles. The molecule has 0 aliphatic heterocycles. The molecule has 4 aliphatic carbocycles. The van der Waals surface area contributed by atoms with Crippen LogP contribution >= 0.6 is 0 Å². The second-order valence-corrected chi connectivity index (χ2v) is 7.61. The zero-order valence-corrected chi connectivity index (χ0v) is 10.8. The third-order valence-electron chi connectivity index (χ3n) is 4.84. The molecule has 4 aliphatic rings. The molecule has 4 bridgehead atoms. The number of aliphatic hydroxyl groups is 1. The minimum atomic E-state index is -0.285. The van der Waals surface area contributed by atoms with Crippen LogP contribution in [-0.2, 0) is 0 Å². The lowest BCUT2D eigenvalue weighted by Gasteiger charge is -2.59. The third kappa shape index (κ3) is 1.80. The van der Waals surface area contributed by atoms with E-state index in [9.17, 15) is 5.11 Å². The summed E-state index contributed by atoms with van der Waals surface area (Å²) in [5.74, 6) is 2.28. The van der Waals surface area contributed by atoms with Crippen molar-refractivity contribution < 1.29 is 5.11 Å². The van der Waals surface area contributed by atoms with Gasteiger partial charge < -0.3 is 10.4 Å². The van der Waals surface area contributed by atoms with Crippen LogP contribution in [0.5, 0.6) is 0 Å². The van der Waals surface area contributed by atoms with Crippen LogP contribution in [0, 0.1) is 17.8 Å². The molecule has 0 aromatic carbocycles. The summed E-state index contributed by atoms with van der Waals surface area (Å²) in [7, 11) is 0. The zero-order valence-electron chi connectivity index (χ0n) is 10.8. The van der Waals surface area contributed by atoms with Gasteiger partial charge in [0.25, 0.3) is 0 Å². The Morgan fingerprint density at radius 2 is 1.62 bits per heavy atom. The van der Waals surface area contributed by atoms with Gasteiger partial charge in [0, 0.05) is 11.6 Å². The highest BCUT2D eigenvalue weighted by molar-refractivity contribution is 5.08. The van der Waals surface area contributed by atoms with E-state index >= 15 is 0 Å². The molecule has 3 unspecified atom stereocenters. The molecule has 0 radical (unpaired) electrons. The van der Waals surface area contributed by atoms with Gasteiger partial charge in [-0.05, 0) is 70.6 Å². The topological polar surface area (TPSA) is 32.3 Å². The molecule has 4 rings (SSSR count). The Hall–Kier alpha value is -0.0800. The van der Waals surface area contributed by atoms with E-state index < -0.39 is 0 Å². The largest absolute Gasteiger partial charge is 0.390 e. The van der Waals surface area contributed by atoms with Gasteiger partial charge in [-0.2, -0.15) is 0 Å². The Bertz CT molecular complexity index is 278. The molecule has 5 atom stereocenters. The summed E-state index contributed by atoms with van der Waals surface area (Å²) < 4.78 is 0. The molecular formula is C14H25NO. The van der Waals surface area contributed by atoms with Gasteiger partial charge in [-0.1, -0.05) is 0 Å². The number of hydrogen-bond donors (Lipinski definition) is 2. The van der Waals surface area contributed by atoms with Crippen molar-refractivity contribution in [3.8, 4) is 0 Å². The Labute approximate surface area is 98.8 Å². The molecule has 2 heteroatoms. The quantitative estimate of drug-likeness (QED) is 0.715. The monoisotopic (exact) mass is 223 g/mol. The lowest BCUT2D eigenvalue weighted by Crippen LogP contribution is -2.63. The first-order valence-corrected chi connectivity index (χ1v) is 6.85. The average Bonchev–Trinajstić information content (AvgIpc) is 2.06. The van der Waals surface area contributed by atoms with Crippen molar-refractivity contribution in [2.45, 2.75) is 70.1 Å². The highest BCUT2D eigenvalue weighted by Crippen LogP contribution is 2.55. The van der Waals surface area contributed by atoms with Crippen LogP contribution in [0.2, 0.25) is 0 Å². The maximum atomic E-state index is 10.5. The van der Waals surface area contributed by atoms with Gasteiger partial charge >= 0.3 is 0 Å². The summed E-state index contributed by atoms with van der Waals surface area (Å²) in [4.78, 5) is 0. The Kier molecular flexibility index (Phi) is 2.23. The molecule has 4 saturated carbocycles. The van der Waals surface area contributed by atoms with Gasteiger partial charge in [0.1, 0.15) is 0 Å². The van der Waals surface area contributed by atoms with E-state index in [-0.39, 0.29) is 11.1 Å². The lowest BCUT2D eigenvalue weighted by atomic mass is 9.52. The molecule has 4 fully saturated rings. The normalized spacial score (nSPS) is 51.0. The van der Waals surface area contributed by atoms with Gasteiger partial charge in [-0.15, -0.1) is 0 Å². The molecule has 0 aromatic rings. The first kappa shape index (κ1) is 11.0. The highest BCUT2D eigenvalue weighted by atomic mass is 16.3. The second-order valence-electron chi connectivity index (χ2n) is 7.61. The van der Waals surface area contributed by atoms with E-state index in [0.717, 1.165) is 37.0 Å². The third-order valence-corrected chi connectivity index (χ3v) is 4.84. The smallest absolute Gasteiger partial charge is 0.0657 e. The maximum absolute atomic E-state index is 10.5. The fourth-order valence-corrected chi connectivity index (χ4v) is 4.72. The molecule has 16 heavy (non-hydrogen) atoms. The number of hydrogen-bond acceptors (Lipinski definition) is 2. The average molecular weight is 223 g/mol. The molecule has 0 aromatic heterocycles. The Morgan fingerprint density at radius 1 is 1.06 bits per heavy atom. The van der Waals surface area contributed by atoms with Crippen molar-refractivity contribution in [3.63, 3.8) is 0 Å². The number of nitrogens with one attached hydrogen (secondary N) is 1. The summed E-state index contributed by atoms with van der Waals surface area (Å²) in [5, 5.41) is 14.3. The predicted octanol–water partition coefficient (Wildman–Crippen LogP) is 2.31. The predicted molar refractivity (Wildman–Crippen MR) is 65.2 cm³/mol. The lowest BCUT2D eigenvalue weighted by molar-refractivity contribution is -0.141. The van der Waals surface area contributed by atoms with Gasteiger partial charge in [-0.25, -0.2) is 0 Å². The van der Waals surface area contributed by atoms with Gasteiger partial charge in [0.15, 0.2) is 0 Å². The molecule has 2 nitrogen and oxygen atoms in total. The minimum Gasteiger partial charge on any atom is -0.390 e. The fourth-order valence-electron chi connectivity index (χ4n) is 4.72. The van der Waals surface area contributed by atoms with Crippen molar-refractivity contribution in [3.05, 3.63) is 0 Å². The van der Waals surface area contributed by atoms with Crippen molar-refractivity contribution in [2.24, 2.45) is 17.8 Å². The Balaban J connectivity index is 1.79. The van der Waals surface area contributed by atoms with Gasteiger partial charge in [0.05, 0.1) is 5.60 Å². The van der Waals surface area contributed by atoms with Crippen LogP contribution in [0.1, 0.15) is 52.9 Å². The van der Waals surface area contributed by atoms with Gasteiger partial charge in [0.2, 0.25) is 0 Å². The van der Waals surface area contributed by atoms with Crippen LogP contribution in [0.15, 0.2) is 0 Å². The molecule has 0 amide bonds. The van der Waals surface area contributed by atoms with E-state index in [1.807, 2.05) is 0 Å². The summed E-state index contributed by atoms with van der Waals surface area (Å²) in [6.07, 6.45) is 5.89. The van der Waals surface area contributed by atoms with Crippen molar-refractivity contribution in [1.82, 2.24) is 5.32 Å². The van der Waals surface area contributed by atoms with Crippen molar-refractivity contribution in [2.75, 3.05) is 0 Å². The summed E-state index contributed by atoms with van der Waals surface area (Å²) in [6.45, 7) is 6.77. The van der Waals surface area contributed by atoms with Crippen LogP contribution in [0.4, 0.5) is 0 Å². The molecular weight excluding hydrogens is 198 g/mol. The van der Waals surface area contributed by atoms with E-state index in [0.29, 0.717) is 6.04 Å². The summed E-state index contributed by atoms with van der Waals surface area (Å²) in [5.41, 5.74) is -0.0742. The molecule has 0 spiro atoms. The zero-order chi connectivity index (χ0) is 11.6. The summed E-state index contributed by atoms with van der Waals surface area (Å²) >= 11 is 0. The van der Waals surface area contributed by atoms with Gasteiger partial charge in [-0.3, -0.25) is 0 Å². The van der Waals surface area contributed by atoms with Crippen LogP contribution in [0.25, 0.3) is 0 Å².